The van der Waals surface area contributed by atoms with Crippen LogP contribution in [0.25, 0.3) is 0 Å². The van der Waals surface area contributed by atoms with Gasteiger partial charge in [0, 0.05) is 19.2 Å². The van der Waals surface area contributed by atoms with Gasteiger partial charge < -0.3 is 4.74 Å². The second kappa shape index (κ2) is 8.26. The van der Waals surface area contributed by atoms with Crippen LogP contribution in [0.5, 0.6) is 0 Å². The molecule has 2 aromatic rings. The van der Waals surface area contributed by atoms with Gasteiger partial charge in [-0.1, -0.05) is 30.3 Å². The zero-order chi connectivity index (χ0) is 19.7. The number of rotatable bonds is 6. The molecular weight excluding hydrogens is 363 g/mol. The fraction of sp³-hybridized carbons (Fsp3) is 0.478. The molecule has 5 heteroatoms. The summed E-state index contributed by atoms with van der Waals surface area (Å²) >= 11 is 0. The minimum absolute atomic E-state index is 0.0960. The van der Waals surface area contributed by atoms with E-state index in [1.54, 1.807) is 0 Å². The van der Waals surface area contributed by atoms with Crippen molar-refractivity contribution in [3.05, 3.63) is 70.5 Å². The van der Waals surface area contributed by atoms with Crippen molar-refractivity contribution in [3.8, 4) is 0 Å². The lowest BCUT2D eigenvalue weighted by Gasteiger charge is -2.40. The predicted octanol–water partition coefficient (Wildman–Crippen LogP) is 5.58. The van der Waals surface area contributed by atoms with Gasteiger partial charge in [0.15, 0.2) is 17.5 Å². The summed E-state index contributed by atoms with van der Waals surface area (Å²) in [6.45, 7) is 3.38. The molecule has 0 aromatic heterocycles. The van der Waals surface area contributed by atoms with Crippen LogP contribution in [-0.2, 0) is 11.3 Å². The van der Waals surface area contributed by atoms with Gasteiger partial charge in [-0.25, -0.2) is 13.2 Å². The third-order valence-corrected chi connectivity index (χ3v) is 6.28. The van der Waals surface area contributed by atoms with Crippen LogP contribution >= 0.6 is 0 Å². The molecule has 2 aromatic carbocycles. The number of hydrogen-bond donors (Lipinski definition) is 0. The highest BCUT2D eigenvalue weighted by Crippen LogP contribution is 2.49. The van der Waals surface area contributed by atoms with E-state index in [4.69, 9.17) is 4.74 Å². The Balaban J connectivity index is 1.38. The highest BCUT2D eigenvalue weighted by atomic mass is 19.2. The molecule has 1 aliphatic heterocycles. The molecule has 1 saturated carbocycles. The number of halogens is 3. The highest BCUT2D eigenvalue weighted by molar-refractivity contribution is 5.29. The normalized spacial score (nSPS) is 23.6. The van der Waals surface area contributed by atoms with Gasteiger partial charge in [0.25, 0.3) is 0 Å². The first kappa shape index (κ1) is 19.5. The van der Waals surface area contributed by atoms with E-state index < -0.39 is 23.6 Å². The van der Waals surface area contributed by atoms with Crippen LogP contribution in [0.1, 0.15) is 54.4 Å². The van der Waals surface area contributed by atoms with Crippen molar-refractivity contribution in [2.24, 2.45) is 5.92 Å². The smallest absolute Gasteiger partial charge is 0.194 e. The van der Waals surface area contributed by atoms with Crippen LogP contribution in [-0.4, -0.2) is 25.1 Å². The van der Waals surface area contributed by atoms with Crippen molar-refractivity contribution in [2.75, 3.05) is 20.2 Å². The van der Waals surface area contributed by atoms with Crippen molar-refractivity contribution in [1.29, 1.82) is 0 Å². The lowest BCUT2D eigenvalue weighted by Crippen LogP contribution is -2.29. The number of methoxy groups -OCH3 is 1. The Hall–Kier alpha value is -1.85. The van der Waals surface area contributed by atoms with Crippen LogP contribution in [0.2, 0.25) is 0 Å². The van der Waals surface area contributed by atoms with E-state index in [1.807, 2.05) is 0 Å². The Bertz CT molecular complexity index is 811. The second-order valence-electron chi connectivity index (χ2n) is 8.07. The van der Waals surface area contributed by atoms with Gasteiger partial charge in [0.1, 0.15) is 0 Å². The summed E-state index contributed by atoms with van der Waals surface area (Å²) in [4.78, 5) is 2.48. The van der Waals surface area contributed by atoms with E-state index in [9.17, 15) is 13.2 Å². The monoisotopic (exact) mass is 389 g/mol. The summed E-state index contributed by atoms with van der Waals surface area (Å²) in [5, 5.41) is 0. The minimum Gasteiger partial charge on any atom is -0.376 e. The lowest BCUT2D eigenvalue weighted by atomic mass is 9.68. The van der Waals surface area contributed by atoms with Gasteiger partial charge in [-0.15, -0.1) is 0 Å². The highest BCUT2D eigenvalue weighted by Gasteiger charge is 2.38. The summed E-state index contributed by atoms with van der Waals surface area (Å²) in [5.41, 5.74) is 2.72. The first-order valence-corrected chi connectivity index (χ1v) is 10.0. The van der Waals surface area contributed by atoms with Crippen LogP contribution in [0.15, 0.2) is 36.4 Å². The zero-order valence-electron chi connectivity index (χ0n) is 16.1. The number of nitrogens with zero attached hydrogens (tertiary/aromatic N) is 1. The van der Waals surface area contributed by atoms with E-state index in [0.717, 1.165) is 25.5 Å². The third-order valence-electron chi connectivity index (χ3n) is 6.28. The molecule has 1 aliphatic carbocycles. The molecule has 2 nitrogen and oxygen atoms in total. The first-order valence-electron chi connectivity index (χ1n) is 10.0. The number of ether oxygens (including phenoxy) is 1. The van der Waals surface area contributed by atoms with Crippen LogP contribution in [0, 0.1) is 23.4 Å². The fourth-order valence-corrected chi connectivity index (χ4v) is 4.61. The summed E-state index contributed by atoms with van der Waals surface area (Å²) in [6.07, 6.45) is 3.73. The predicted molar refractivity (Wildman–Crippen MR) is 102 cm³/mol. The maximum absolute atomic E-state index is 14.2. The topological polar surface area (TPSA) is 12.5 Å². The van der Waals surface area contributed by atoms with E-state index >= 15 is 0 Å². The molecule has 0 amide bonds. The van der Waals surface area contributed by atoms with Gasteiger partial charge in [-0.2, -0.15) is 0 Å². The van der Waals surface area contributed by atoms with Crippen molar-refractivity contribution < 1.29 is 17.9 Å². The van der Waals surface area contributed by atoms with Crippen LogP contribution in [0.3, 0.4) is 0 Å². The summed E-state index contributed by atoms with van der Waals surface area (Å²) in [6, 6.07) is 11.0. The Morgan fingerprint density at radius 1 is 0.964 bits per heavy atom. The summed E-state index contributed by atoms with van der Waals surface area (Å²) in [7, 11) is 1.49. The average Bonchev–Trinajstić information content (AvgIpc) is 3.17. The molecule has 1 heterocycles. The van der Waals surface area contributed by atoms with Crippen molar-refractivity contribution in [1.82, 2.24) is 4.90 Å². The van der Waals surface area contributed by atoms with Crippen LogP contribution in [0.4, 0.5) is 13.2 Å². The number of benzene rings is 2. The maximum atomic E-state index is 14.2. The largest absolute Gasteiger partial charge is 0.376 e. The molecule has 0 bridgehead atoms. The van der Waals surface area contributed by atoms with E-state index in [2.05, 4.69) is 29.2 Å². The Labute approximate surface area is 164 Å². The van der Waals surface area contributed by atoms with Gasteiger partial charge in [-0.05, 0) is 67.8 Å². The van der Waals surface area contributed by atoms with Gasteiger partial charge in [0.05, 0.1) is 6.10 Å². The molecule has 0 N–H and O–H groups in total. The van der Waals surface area contributed by atoms with Gasteiger partial charge in [-0.3, -0.25) is 4.90 Å². The second-order valence-corrected chi connectivity index (χ2v) is 8.07. The Kier molecular flexibility index (Phi) is 5.74. The van der Waals surface area contributed by atoms with Crippen molar-refractivity contribution in [3.63, 3.8) is 0 Å². The van der Waals surface area contributed by atoms with E-state index in [1.165, 1.54) is 50.2 Å². The minimum atomic E-state index is -1.43. The molecule has 1 atom stereocenters. The van der Waals surface area contributed by atoms with Crippen LogP contribution < -0.4 is 0 Å². The lowest BCUT2D eigenvalue weighted by molar-refractivity contribution is 0.00572. The molecule has 150 valence electrons. The molecule has 1 saturated heterocycles. The molecule has 1 unspecified atom stereocenters. The molecule has 0 radical (unpaired) electrons. The zero-order valence-corrected chi connectivity index (χ0v) is 16.1. The molecule has 28 heavy (non-hydrogen) atoms. The first-order chi connectivity index (χ1) is 13.6. The third kappa shape index (κ3) is 3.83. The fourth-order valence-electron chi connectivity index (χ4n) is 4.61. The summed E-state index contributed by atoms with van der Waals surface area (Å²) < 4.78 is 46.4. The van der Waals surface area contributed by atoms with Gasteiger partial charge in [0.2, 0.25) is 0 Å². The number of likely N-dealkylation sites (tertiary alicyclic amines) is 1. The summed E-state index contributed by atoms with van der Waals surface area (Å²) in [5.74, 6) is -3.24. The van der Waals surface area contributed by atoms with Gasteiger partial charge >= 0.3 is 0 Å². The molecule has 2 fully saturated rings. The Morgan fingerprint density at radius 2 is 1.64 bits per heavy atom. The molecule has 2 aliphatic rings. The quantitative estimate of drug-likeness (QED) is 0.598. The maximum Gasteiger partial charge on any atom is 0.194 e. The van der Waals surface area contributed by atoms with Crippen molar-refractivity contribution >= 4 is 0 Å². The Morgan fingerprint density at radius 3 is 2.29 bits per heavy atom. The van der Waals surface area contributed by atoms with E-state index in [-0.39, 0.29) is 11.5 Å². The molecule has 4 rings (SSSR count). The standard InChI is InChI=1S/C23H26F3NO/c1-28-23(19-8-9-20(24)22(26)21(19)25)18-12-17(13-18)16-6-4-15(5-7-16)14-27-10-2-3-11-27/h4-9,17-18,23H,2-3,10-14H2,1H3. The SMILES string of the molecule is COC(c1ccc(F)c(F)c1F)C1CC(c2ccc(CN3CCCC3)cc2)C1. The molecule has 0 spiro atoms. The van der Waals surface area contributed by atoms with Crippen molar-refractivity contribution in [2.45, 2.75) is 44.2 Å². The molecular formula is C23H26F3NO. The number of hydrogen-bond acceptors (Lipinski definition) is 2. The van der Waals surface area contributed by atoms with E-state index in [0.29, 0.717) is 5.92 Å². The average molecular weight is 389 g/mol.